The number of hydrogen-bond acceptors (Lipinski definition) is 2. The molecule has 1 aliphatic heterocycles. The van der Waals surface area contributed by atoms with Gasteiger partial charge in [-0.2, -0.15) is 0 Å². The van der Waals surface area contributed by atoms with Gasteiger partial charge in [0.25, 0.3) is 0 Å². The first kappa shape index (κ1) is 11.8. The molecule has 0 atom stereocenters. The molecule has 1 aromatic carbocycles. The van der Waals surface area contributed by atoms with E-state index < -0.39 is 0 Å². The molecule has 0 bridgehead atoms. The number of carbonyl (C=O) groups is 1. The average Bonchev–Trinajstić information content (AvgIpc) is 2.30. The summed E-state index contributed by atoms with van der Waals surface area (Å²) in [6.07, 6.45) is 1.58. The van der Waals surface area contributed by atoms with Gasteiger partial charge in [0.1, 0.15) is 5.78 Å². The molecule has 1 aromatic rings. The van der Waals surface area contributed by atoms with E-state index in [9.17, 15) is 4.79 Å². The van der Waals surface area contributed by atoms with Crippen LogP contribution >= 0.6 is 15.9 Å². The number of Topliss-reactive ketones (excluding diaryl/α,β-unsaturated/α-hetero) is 1. The molecular weight excluding hydrogens is 268 g/mol. The summed E-state index contributed by atoms with van der Waals surface area (Å²) in [6, 6.07) is 8.06. The summed E-state index contributed by atoms with van der Waals surface area (Å²) < 4.78 is 6.39. The molecule has 0 saturated carbocycles. The van der Waals surface area contributed by atoms with E-state index in [0.717, 1.165) is 22.9 Å². The second kappa shape index (κ2) is 4.68. The van der Waals surface area contributed by atoms with Crippen molar-refractivity contribution in [1.29, 1.82) is 0 Å². The van der Waals surface area contributed by atoms with Crippen LogP contribution in [-0.4, -0.2) is 19.0 Å². The Bertz CT molecular complexity index is 395. The molecule has 0 radical (unpaired) electrons. The highest BCUT2D eigenvalue weighted by molar-refractivity contribution is 9.10. The van der Waals surface area contributed by atoms with Gasteiger partial charge in [0.05, 0.1) is 5.41 Å². The van der Waals surface area contributed by atoms with Gasteiger partial charge in [-0.1, -0.05) is 28.1 Å². The predicted molar refractivity (Wildman–Crippen MR) is 66.6 cm³/mol. The zero-order chi connectivity index (χ0) is 11.6. The smallest absolute Gasteiger partial charge is 0.140 e. The van der Waals surface area contributed by atoms with Crippen LogP contribution in [0.1, 0.15) is 25.3 Å². The summed E-state index contributed by atoms with van der Waals surface area (Å²) in [5.74, 6) is 0.244. The van der Waals surface area contributed by atoms with Crippen molar-refractivity contribution < 1.29 is 9.53 Å². The van der Waals surface area contributed by atoms with Crippen molar-refractivity contribution in [3.05, 3.63) is 34.3 Å². The Kier molecular flexibility index (Phi) is 3.45. The maximum atomic E-state index is 12.0. The van der Waals surface area contributed by atoms with Gasteiger partial charge in [-0.25, -0.2) is 0 Å². The Hall–Kier alpha value is -0.670. The average molecular weight is 283 g/mol. The molecule has 16 heavy (non-hydrogen) atoms. The highest BCUT2D eigenvalue weighted by Gasteiger charge is 2.38. The summed E-state index contributed by atoms with van der Waals surface area (Å²) in [4.78, 5) is 12.0. The molecule has 3 heteroatoms. The zero-order valence-corrected chi connectivity index (χ0v) is 10.9. The summed E-state index contributed by atoms with van der Waals surface area (Å²) >= 11 is 3.46. The number of ether oxygens (including phenoxy) is 1. The SMILES string of the molecule is CC(=O)C1(c2cccc(Br)c2)CCOCC1. The van der Waals surface area contributed by atoms with Crippen LogP contribution in [0.2, 0.25) is 0 Å². The number of halogens is 1. The third kappa shape index (κ3) is 2.06. The van der Waals surface area contributed by atoms with E-state index in [2.05, 4.69) is 15.9 Å². The van der Waals surface area contributed by atoms with E-state index >= 15 is 0 Å². The Morgan fingerprint density at radius 1 is 1.38 bits per heavy atom. The zero-order valence-electron chi connectivity index (χ0n) is 9.33. The van der Waals surface area contributed by atoms with Crippen LogP contribution in [0.3, 0.4) is 0 Å². The molecule has 86 valence electrons. The summed E-state index contributed by atoms with van der Waals surface area (Å²) in [5, 5.41) is 0. The second-order valence-corrected chi connectivity index (χ2v) is 5.18. The third-order valence-electron chi connectivity index (χ3n) is 3.40. The lowest BCUT2D eigenvalue weighted by molar-refractivity contribution is -0.126. The molecule has 0 unspecified atom stereocenters. The van der Waals surface area contributed by atoms with Crippen molar-refractivity contribution in [3.8, 4) is 0 Å². The van der Waals surface area contributed by atoms with Crippen molar-refractivity contribution >= 4 is 21.7 Å². The predicted octanol–water partition coefficient (Wildman–Crippen LogP) is 3.09. The number of ketones is 1. The highest BCUT2D eigenvalue weighted by atomic mass is 79.9. The molecular formula is C13H15BrO2. The maximum absolute atomic E-state index is 12.0. The molecule has 2 nitrogen and oxygen atoms in total. The first-order valence-corrected chi connectivity index (χ1v) is 6.29. The third-order valence-corrected chi connectivity index (χ3v) is 3.89. The molecule has 2 rings (SSSR count). The standard InChI is InChI=1S/C13H15BrO2/c1-10(15)13(5-7-16-8-6-13)11-3-2-4-12(14)9-11/h2-4,9H,5-8H2,1H3. The first-order valence-electron chi connectivity index (χ1n) is 5.50. The van der Waals surface area contributed by atoms with Crippen molar-refractivity contribution in [3.63, 3.8) is 0 Å². The fraction of sp³-hybridized carbons (Fsp3) is 0.462. The van der Waals surface area contributed by atoms with E-state index in [-0.39, 0.29) is 11.2 Å². The van der Waals surface area contributed by atoms with Crippen LogP contribution in [0.25, 0.3) is 0 Å². The summed E-state index contributed by atoms with van der Waals surface area (Å²) in [5.41, 5.74) is 0.778. The van der Waals surface area contributed by atoms with Gasteiger partial charge in [-0.15, -0.1) is 0 Å². The van der Waals surface area contributed by atoms with Gasteiger partial charge >= 0.3 is 0 Å². The van der Waals surface area contributed by atoms with Crippen LogP contribution in [-0.2, 0) is 14.9 Å². The number of benzene rings is 1. The highest BCUT2D eigenvalue weighted by Crippen LogP contribution is 2.36. The topological polar surface area (TPSA) is 26.3 Å². The molecule has 1 fully saturated rings. The minimum atomic E-state index is -0.331. The second-order valence-electron chi connectivity index (χ2n) is 4.26. The molecule has 0 aliphatic carbocycles. The Balaban J connectivity index is 2.42. The van der Waals surface area contributed by atoms with E-state index in [1.54, 1.807) is 6.92 Å². The molecule has 1 aliphatic rings. The van der Waals surface area contributed by atoms with Gasteiger partial charge in [-0.05, 0) is 37.5 Å². The largest absolute Gasteiger partial charge is 0.381 e. The van der Waals surface area contributed by atoms with Crippen molar-refractivity contribution in [1.82, 2.24) is 0 Å². The minimum absolute atomic E-state index is 0.244. The van der Waals surface area contributed by atoms with Crippen LogP contribution in [0.5, 0.6) is 0 Å². The van der Waals surface area contributed by atoms with Crippen LogP contribution < -0.4 is 0 Å². The van der Waals surface area contributed by atoms with E-state index in [1.807, 2.05) is 24.3 Å². The lowest BCUT2D eigenvalue weighted by Crippen LogP contribution is -2.40. The van der Waals surface area contributed by atoms with E-state index in [4.69, 9.17) is 4.74 Å². The van der Waals surface area contributed by atoms with E-state index in [0.29, 0.717) is 13.2 Å². The van der Waals surface area contributed by atoms with Crippen LogP contribution in [0.15, 0.2) is 28.7 Å². The first-order chi connectivity index (χ1) is 7.65. The van der Waals surface area contributed by atoms with E-state index in [1.165, 1.54) is 0 Å². The fourth-order valence-corrected chi connectivity index (χ4v) is 2.75. The Labute approximate surface area is 104 Å². The Morgan fingerprint density at radius 2 is 2.06 bits per heavy atom. The minimum Gasteiger partial charge on any atom is -0.381 e. The maximum Gasteiger partial charge on any atom is 0.140 e. The van der Waals surface area contributed by atoms with Gasteiger partial charge in [0.15, 0.2) is 0 Å². The van der Waals surface area contributed by atoms with Gasteiger partial charge in [0.2, 0.25) is 0 Å². The summed E-state index contributed by atoms with van der Waals surface area (Å²) in [6.45, 7) is 3.03. The molecule has 0 amide bonds. The van der Waals surface area contributed by atoms with Crippen LogP contribution in [0.4, 0.5) is 0 Å². The Morgan fingerprint density at radius 3 is 2.62 bits per heavy atom. The lowest BCUT2D eigenvalue weighted by Gasteiger charge is -2.35. The number of rotatable bonds is 2. The van der Waals surface area contributed by atoms with Crippen molar-refractivity contribution in [2.45, 2.75) is 25.2 Å². The van der Waals surface area contributed by atoms with Crippen molar-refractivity contribution in [2.75, 3.05) is 13.2 Å². The van der Waals surface area contributed by atoms with Gasteiger partial charge < -0.3 is 4.74 Å². The normalized spacial score (nSPS) is 19.4. The number of carbonyl (C=O) groups excluding carboxylic acids is 1. The quantitative estimate of drug-likeness (QED) is 0.833. The van der Waals surface area contributed by atoms with Crippen LogP contribution in [0, 0.1) is 0 Å². The molecule has 0 N–H and O–H groups in total. The fourth-order valence-electron chi connectivity index (χ4n) is 2.35. The summed E-state index contributed by atoms with van der Waals surface area (Å²) in [7, 11) is 0. The molecule has 0 aromatic heterocycles. The molecule has 1 saturated heterocycles. The lowest BCUT2D eigenvalue weighted by atomic mass is 9.71. The monoisotopic (exact) mass is 282 g/mol. The van der Waals surface area contributed by atoms with Gasteiger partial charge in [-0.3, -0.25) is 4.79 Å². The number of hydrogen-bond donors (Lipinski definition) is 0. The van der Waals surface area contributed by atoms with Gasteiger partial charge in [0, 0.05) is 17.7 Å². The molecule has 0 spiro atoms. The molecule has 1 heterocycles. The van der Waals surface area contributed by atoms with Crippen molar-refractivity contribution in [2.24, 2.45) is 0 Å².